The summed E-state index contributed by atoms with van der Waals surface area (Å²) in [4.78, 5) is 11.7. The molecule has 0 aromatic rings. The number of carbonyl (C=O) groups is 1. The van der Waals surface area contributed by atoms with Crippen molar-refractivity contribution in [2.75, 3.05) is 0 Å². The van der Waals surface area contributed by atoms with Crippen LogP contribution in [-0.4, -0.2) is 11.9 Å². The van der Waals surface area contributed by atoms with Crippen LogP contribution in [0.2, 0.25) is 0 Å². The van der Waals surface area contributed by atoms with Crippen LogP contribution in [0.4, 0.5) is 0 Å². The van der Waals surface area contributed by atoms with E-state index in [0.717, 1.165) is 0 Å². The number of carbonyl (C=O) groups excluding carboxylic acids is 1. The van der Waals surface area contributed by atoms with E-state index in [4.69, 9.17) is 0 Å². The maximum Gasteiger partial charge on any atom is 0.246 e. The third-order valence-corrected chi connectivity index (χ3v) is 3.56. The molecule has 0 spiro atoms. The molecule has 1 unspecified atom stereocenters. The van der Waals surface area contributed by atoms with Crippen molar-refractivity contribution in [3.05, 3.63) is 12.2 Å². The van der Waals surface area contributed by atoms with Crippen molar-refractivity contribution >= 4 is 5.91 Å². The lowest BCUT2D eigenvalue weighted by Crippen LogP contribution is -2.44. The molecule has 0 aromatic carbocycles. The highest BCUT2D eigenvalue weighted by atomic mass is 16.1. The summed E-state index contributed by atoms with van der Waals surface area (Å²) in [5.41, 5.74) is 0.612. The van der Waals surface area contributed by atoms with E-state index in [1.165, 1.54) is 32.1 Å². The predicted molar refractivity (Wildman–Crippen MR) is 68.2 cm³/mol. The normalized spacial score (nSPS) is 19.5. The molecule has 92 valence electrons. The summed E-state index contributed by atoms with van der Waals surface area (Å²) in [7, 11) is 0. The lowest BCUT2D eigenvalue weighted by atomic mass is 9.79. The number of hydrogen-bond acceptors (Lipinski definition) is 1. The third-order valence-electron chi connectivity index (χ3n) is 3.56. The Morgan fingerprint density at radius 3 is 2.25 bits per heavy atom. The number of hydrogen-bond donors (Lipinski definition) is 1. The summed E-state index contributed by atoms with van der Waals surface area (Å²) in [5.74, 6) is 1.19. The summed E-state index contributed by atoms with van der Waals surface area (Å²) in [5, 5.41) is 3.15. The summed E-state index contributed by atoms with van der Waals surface area (Å²) in [6.45, 7) is 9.86. The van der Waals surface area contributed by atoms with Crippen molar-refractivity contribution in [2.45, 2.75) is 58.9 Å². The van der Waals surface area contributed by atoms with Gasteiger partial charge in [-0.1, -0.05) is 39.7 Å². The first-order valence-corrected chi connectivity index (χ1v) is 6.48. The van der Waals surface area contributed by atoms with Gasteiger partial charge in [0.25, 0.3) is 0 Å². The van der Waals surface area contributed by atoms with Gasteiger partial charge in [0, 0.05) is 11.6 Å². The first-order valence-electron chi connectivity index (χ1n) is 6.48. The molecular formula is C14H25NO. The van der Waals surface area contributed by atoms with Crippen molar-refractivity contribution in [3.8, 4) is 0 Å². The van der Waals surface area contributed by atoms with E-state index in [1.807, 2.05) is 0 Å². The minimum atomic E-state index is 0.0178. The van der Waals surface area contributed by atoms with Crippen LogP contribution in [0, 0.1) is 11.8 Å². The molecule has 0 bridgehead atoms. The first-order chi connectivity index (χ1) is 7.52. The lowest BCUT2D eigenvalue weighted by Gasteiger charge is -2.33. The number of rotatable bonds is 4. The van der Waals surface area contributed by atoms with Crippen molar-refractivity contribution in [1.82, 2.24) is 5.32 Å². The van der Waals surface area contributed by atoms with Crippen LogP contribution in [-0.2, 0) is 4.79 Å². The number of amides is 1. The molecule has 0 heterocycles. The summed E-state index contributed by atoms with van der Waals surface area (Å²) < 4.78 is 0. The van der Waals surface area contributed by atoms with Gasteiger partial charge in [-0.3, -0.25) is 4.79 Å². The molecule has 1 fully saturated rings. The third kappa shape index (κ3) is 3.66. The molecule has 0 aromatic heterocycles. The Morgan fingerprint density at radius 1 is 1.25 bits per heavy atom. The van der Waals surface area contributed by atoms with Gasteiger partial charge in [0.1, 0.15) is 0 Å². The van der Waals surface area contributed by atoms with Gasteiger partial charge < -0.3 is 5.32 Å². The Morgan fingerprint density at radius 2 is 1.81 bits per heavy atom. The first kappa shape index (κ1) is 13.3. The molecule has 1 atom stereocenters. The Bertz CT molecular complexity index is 251. The van der Waals surface area contributed by atoms with Gasteiger partial charge in [-0.15, -0.1) is 0 Å². The van der Waals surface area contributed by atoms with Crippen LogP contribution in [0.3, 0.4) is 0 Å². The van der Waals surface area contributed by atoms with Gasteiger partial charge in [0.15, 0.2) is 0 Å². The fourth-order valence-electron chi connectivity index (χ4n) is 2.60. The van der Waals surface area contributed by atoms with Crippen LogP contribution in [0.1, 0.15) is 52.9 Å². The van der Waals surface area contributed by atoms with E-state index < -0.39 is 0 Å². The fourth-order valence-corrected chi connectivity index (χ4v) is 2.60. The lowest BCUT2D eigenvalue weighted by molar-refractivity contribution is -0.118. The second kappa shape index (κ2) is 6.07. The molecule has 2 nitrogen and oxygen atoms in total. The summed E-state index contributed by atoms with van der Waals surface area (Å²) >= 11 is 0. The van der Waals surface area contributed by atoms with Gasteiger partial charge >= 0.3 is 0 Å². The molecule has 0 aliphatic heterocycles. The van der Waals surface area contributed by atoms with Crippen LogP contribution >= 0.6 is 0 Å². The zero-order chi connectivity index (χ0) is 12.1. The van der Waals surface area contributed by atoms with Crippen molar-refractivity contribution in [3.63, 3.8) is 0 Å². The molecule has 1 aliphatic carbocycles. The minimum Gasteiger partial charge on any atom is -0.349 e. The molecule has 1 rings (SSSR count). The van der Waals surface area contributed by atoms with Crippen LogP contribution < -0.4 is 5.32 Å². The second-order valence-electron chi connectivity index (χ2n) is 5.42. The number of nitrogens with one attached hydrogen (secondary N) is 1. The molecule has 2 heteroatoms. The molecule has 16 heavy (non-hydrogen) atoms. The van der Waals surface area contributed by atoms with Crippen LogP contribution in [0.5, 0.6) is 0 Å². The SMILES string of the molecule is C=C(C)C(=O)NC(C(C)C)C1CCCCC1. The van der Waals surface area contributed by atoms with E-state index in [-0.39, 0.29) is 5.91 Å². The average Bonchev–Trinajstić information content (AvgIpc) is 2.26. The second-order valence-corrected chi connectivity index (χ2v) is 5.42. The zero-order valence-corrected chi connectivity index (χ0v) is 10.9. The molecule has 0 radical (unpaired) electrons. The maximum absolute atomic E-state index is 11.7. The van der Waals surface area contributed by atoms with E-state index in [1.54, 1.807) is 6.92 Å². The van der Waals surface area contributed by atoms with Gasteiger partial charge in [0.2, 0.25) is 5.91 Å². The van der Waals surface area contributed by atoms with E-state index in [2.05, 4.69) is 25.7 Å². The topological polar surface area (TPSA) is 29.1 Å². The summed E-state index contributed by atoms with van der Waals surface area (Å²) in [6.07, 6.45) is 6.52. The monoisotopic (exact) mass is 223 g/mol. The standard InChI is InChI=1S/C14H25NO/c1-10(2)13(15-14(16)11(3)4)12-8-6-5-7-9-12/h10,12-13H,3,5-9H2,1-2,4H3,(H,15,16). The van der Waals surface area contributed by atoms with Gasteiger partial charge in [-0.25, -0.2) is 0 Å². The highest BCUT2D eigenvalue weighted by molar-refractivity contribution is 5.92. The minimum absolute atomic E-state index is 0.0178. The zero-order valence-electron chi connectivity index (χ0n) is 10.9. The van der Waals surface area contributed by atoms with Gasteiger partial charge in [0.05, 0.1) is 0 Å². The maximum atomic E-state index is 11.7. The van der Waals surface area contributed by atoms with Crippen LogP contribution in [0.15, 0.2) is 12.2 Å². The fraction of sp³-hybridized carbons (Fsp3) is 0.786. The Kier molecular flexibility index (Phi) is 5.04. The Hall–Kier alpha value is -0.790. The molecular weight excluding hydrogens is 198 g/mol. The van der Waals surface area contributed by atoms with E-state index in [9.17, 15) is 4.79 Å². The van der Waals surface area contributed by atoms with Crippen LogP contribution in [0.25, 0.3) is 0 Å². The van der Waals surface area contributed by atoms with Gasteiger partial charge in [-0.2, -0.15) is 0 Å². The average molecular weight is 223 g/mol. The Labute approximate surface area is 99.5 Å². The van der Waals surface area contributed by atoms with Crippen molar-refractivity contribution in [1.29, 1.82) is 0 Å². The molecule has 1 amide bonds. The Balaban J connectivity index is 2.59. The highest BCUT2D eigenvalue weighted by Gasteiger charge is 2.27. The predicted octanol–water partition coefficient (Wildman–Crippen LogP) is 3.28. The largest absolute Gasteiger partial charge is 0.349 e. The quantitative estimate of drug-likeness (QED) is 0.728. The smallest absolute Gasteiger partial charge is 0.246 e. The molecule has 1 saturated carbocycles. The van der Waals surface area contributed by atoms with Crippen molar-refractivity contribution < 1.29 is 4.79 Å². The molecule has 1 aliphatic rings. The molecule has 1 N–H and O–H groups in total. The van der Waals surface area contributed by atoms with E-state index >= 15 is 0 Å². The molecule has 0 saturated heterocycles. The van der Waals surface area contributed by atoms with Gasteiger partial charge in [-0.05, 0) is 31.6 Å². The van der Waals surface area contributed by atoms with Crippen molar-refractivity contribution in [2.24, 2.45) is 11.8 Å². The highest BCUT2D eigenvalue weighted by Crippen LogP contribution is 2.29. The van der Waals surface area contributed by atoms with E-state index in [0.29, 0.717) is 23.5 Å². The summed E-state index contributed by atoms with van der Waals surface area (Å²) in [6, 6.07) is 0.324.